The number of hydrogen-bond donors (Lipinski definition) is 0. The van der Waals surface area contributed by atoms with Crippen molar-refractivity contribution in [1.82, 2.24) is 24.3 Å². The van der Waals surface area contributed by atoms with Crippen LogP contribution >= 0.6 is 11.8 Å². The Morgan fingerprint density at radius 2 is 2.17 bits per heavy atom. The van der Waals surface area contributed by atoms with Crippen molar-refractivity contribution in [3.63, 3.8) is 0 Å². The van der Waals surface area contributed by atoms with E-state index in [2.05, 4.69) is 25.9 Å². The first-order chi connectivity index (χ1) is 14.3. The third-order valence-corrected chi connectivity index (χ3v) is 6.03. The largest absolute Gasteiger partial charge is 0.448 e. The number of thioether (sulfide) groups is 1. The van der Waals surface area contributed by atoms with Crippen LogP contribution in [0.5, 0.6) is 0 Å². The van der Waals surface area contributed by atoms with E-state index in [-0.39, 0.29) is 23.7 Å². The Bertz CT molecular complexity index is 1300. The lowest BCUT2D eigenvalue weighted by Gasteiger charge is -2.11. The number of amides is 1. The van der Waals surface area contributed by atoms with Gasteiger partial charge in [0, 0.05) is 12.5 Å². The Labute approximate surface area is 177 Å². The molecule has 0 aromatic carbocycles. The normalized spacial score (nSPS) is 13.0. The smallest absolute Gasteiger partial charge is 0.442 e. The molecule has 1 amide bonds. The summed E-state index contributed by atoms with van der Waals surface area (Å²) in [5.74, 6) is 0.292. The van der Waals surface area contributed by atoms with Gasteiger partial charge in [-0.25, -0.2) is 33.3 Å². The molecule has 12 heteroatoms. The fraction of sp³-hybridized carbons (Fsp3) is 0.278. The van der Waals surface area contributed by atoms with E-state index >= 15 is 0 Å². The predicted octanol–water partition coefficient (Wildman–Crippen LogP) is 2.50. The highest BCUT2D eigenvalue weighted by atomic mass is 32.2. The van der Waals surface area contributed by atoms with E-state index in [0.29, 0.717) is 22.0 Å². The van der Waals surface area contributed by atoms with Gasteiger partial charge < -0.3 is 4.74 Å². The fourth-order valence-corrected chi connectivity index (χ4v) is 4.06. The van der Waals surface area contributed by atoms with Crippen molar-refractivity contribution in [3.8, 4) is 5.82 Å². The SMILES string of the molecule is C=CCn1c(=O)c2cnc(SC)nc2n1-c1cccc(S(C)(=O)=NC(=O)OCC)n1. The zero-order chi connectivity index (χ0) is 21.9. The number of fused-ring (bicyclic) bond motifs is 1. The van der Waals surface area contributed by atoms with Crippen molar-refractivity contribution in [1.29, 1.82) is 0 Å². The van der Waals surface area contributed by atoms with Crippen LogP contribution in [0.3, 0.4) is 0 Å². The zero-order valence-electron chi connectivity index (χ0n) is 16.6. The number of allylic oxidation sites excluding steroid dienone is 1. The van der Waals surface area contributed by atoms with Crippen molar-refractivity contribution in [2.75, 3.05) is 19.1 Å². The first kappa shape index (κ1) is 21.7. The molecular weight excluding hydrogens is 428 g/mol. The predicted molar refractivity (Wildman–Crippen MR) is 115 cm³/mol. The van der Waals surface area contributed by atoms with Gasteiger partial charge in [-0.3, -0.25) is 4.79 Å². The number of pyridine rings is 1. The van der Waals surface area contributed by atoms with Crippen molar-refractivity contribution in [3.05, 3.63) is 47.4 Å². The summed E-state index contributed by atoms with van der Waals surface area (Å²) in [5, 5.41) is 0.877. The Kier molecular flexibility index (Phi) is 6.37. The number of ether oxygens (including phenoxy) is 1. The molecule has 0 aliphatic heterocycles. The summed E-state index contributed by atoms with van der Waals surface area (Å²) in [4.78, 5) is 37.6. The van der Waals surface area contributed by atoms with Gasteiger partial charge in [-0.1, -0.05) is 23.9 Å². The number of rotatable bonds is 6. The summed E-state index contributed by atoms with van der Waals surface area (Å²) >= 11 is 1.34. The van der Waals surface area contributed by atoms with Crippen LogP contribution in [0.4, 0.5) is 4.79 Å². The summed E-state index contributed by atoms with van der Waals surface area (Å²) in [7, 11) is -3.17. The molecule has 0 spiro atoms. The maximum Gasteiger partial charge on any atom is 0.442 e. The van der Waals surface area contributed by atoms with Gasteiger partial charge in [0.15, 0.2) is 16.6 Å². The first-order valence-electron chi connectivity index (χ1n) is 8.82. The van der Waals surface area contributed by atoms with Crippen LogP contribution in [0.15, 0.2) is 56.4 Å². The van der Waals surface area contributed by atoms with Crippen LogP contribution in [0, 0.1) is 0 Å². The minimum atomic E-state index is -3.17. The van der Waals surface area contributed by atoms with Crippen LogP contribution in [-0.2, 0) is 21.0 Å². The Hall–Kier alpha value is -2.99. The van der Waals surface area contributed by atoms with Gasteiger partial charge in [0.25, 0.3) is 5.56 Å². The molecule has 3 aromatic rings. The van der Waals surface area contributed by atoms with E-state index in [1.807, 2.05) is 6.26 Å². The molecular formula is C18H20N6O4S2. The second kappa shape index (κ2) is 8.79. The molecule has 0 bridgehead atoms. The van der Waals surface area contributed by atoms with Crippen molar-refractivity contribution < 1.29 is 13.7 Å². The molecule has 0 radical (unpaired) electrons. The summed E-state index contributed by atoms with van der Waals surface area (Å²) in [6.07, 6.45) is 5.24. The molecule has 3 heterocycles. The van der Waals surface area contributed by atoms with Crippen molar-refractivity contribution >= 4 is 38.6 Å². The minimum Gasteiger partial charge on any atom is -0.448 e. The average molecular weight is 449 g/mol. The molecule has 1 atom stereocenters. The number of nitrogens with zero attached hydrogens (tertiary/aromatic N) is 6. The van der Waals surface area contributed by atoms with E-state index in [4.69, 9.17) is 4.74 Å². The summed E-state index contributed by atoms with van der Waals surface area (Å²) < 4.78 is 24.3. The van der Waals surface area contributed by atoms with E-state index in [0.717, 1.165) is 0 Å². The third-order valence-electron chi connectivity index (χ3n) is 3.97. The van der Waals surface area contributed by atoms with Gasteiger partial charge in [-0.2, -0.15) is 0 Å². The van der Waals surface area contributed by atoms with Gasteiger partial charge in [-0.15, -0.1) is 10.9 Å². The van der Waals surface area contributed by atoms with E-state index in [1.165, 1.54) is 39.6 Å². The summed E-state index contributed by atoms with van der Waals surface area (Å²) in [6, 6.07) is 4.76. The Morgan fingerprint density at radius 1 is 1.40 bits per heavy atom. The van der Waals surface area contributed by atoms with E-state index in [9.17, 15) is 13.8 Å². The fourth-order valence-electron chi connectivity index (χ4n) is 2.70. The van der Waals surface area contributed by atoms with E-state index < -0.39 is 15.8 Å². The number of hydrogen-bond acceptors (Lipinski definition) is 8. The first-order valence-corrected chi connectivity index (χ1v) is 12.0. The molecule has 0 saturated carbocycles. The highest BCUT2D eigenvalue weighted by Gasteiger charge is 2.19. The Balaban J connectivity index is 2.26. The topological polar surface area (TPSA) is 121 Å². The molecule has 0 aliphatic carbocycles. The zero-order valence-corrected chi connectivity index (χ0v) is 18.3. The lowest BCUT2D eigenvalue weighted by atomic mass is 10.4. The molecule has 0 aliphatic rings. The monoisotopic (exact) mass is 448 g/mol. The molecule has 0 saturated heterocycles. The van der Waals surface area contributed by atoms with E-state index in [1.54, 1.807) is 25.1 Å². The molecule has 1 unspecified atom stereocenters. The maximum atomic E-state index is 13.0. The van der Waals surface area contributed by atoms with Crippen molar-refractivity contribution in [2.24, 2.45) is 4.36 Å². The molecule has 3 rings (SSSR count). The van der Waals surface area contributed by atoms with Gasteiger partial charge in [0.05, 0.1) is 13.2 Å². The van der Waals surface area contributed by atoms with Gasteiger partial charge in [-0.05, 0) is 25.3 Å². The van der Waals surface area contributed by atoms with Crippen LogP contribution < -0.4 is 5.56 Å². The second-order valence-corrected chi connectivity index (χ2v) is 8.99. The standard InChI is InChI=1S/C18H20N6O4S2/c1-5-10-23-16(25)12-11-19-17(29-3)21-15(12)24(23)13-8-7-9-14(20-13)30(4,27)22-18(26)28-6-2/h5,7-9,11H,1,6,10H2,2-4H3. The maximum absolute atomic E-state index is 13.0. The van der Waals surface area contributed by atoms with Gasteiger partial charge >= 0.3 is 6.09 Å². The van der Waals surface area contributed by atoms with Crippen LogP contribution in [-0.4, -0.2) is 53.7 Å². The molecule has 0 fully saturated rings. The highest BCUT2D eigenvalue weighted by molar-refractivity contribution is 7.98. The van der Waals surface area contributed by atoms with Gasteiger partial charge in [0.1, 0.15) is 20.1 Å². The molecule has 10 nitrogen and oxygen atoms in total. The quantitative estimate of drug-likeness (QED) is 0.320. The molecule has 0 N–H and O–H groups in total. The number of carbonyl (C=O) groups excluding carboxylic acids is 1. The third kappa shape index (κ3) is 4.14. The highest BCUT2D eigenvalue weighted by Crippen LogP contribution is 2.19. The molecule has 158 valence electrons. The van der Waals surface area contributed by atoms with Gasteiger partial charge in [0.2, 0.25) is 0 Å². The number of aromatic nitrogens is 5. The summed E-state index contributed by atoms with van der Waals surface area (Å²) in [5.41, 5.74) is 0.0500. The number of carbonyl (C=O) groups is 1. The van der Waals surface area contributed by atoms with Crippen molar-refractivity contribution in [2.45, 2.75) is 23.7 Å². The second-order valence-electron chi connectivity index (χ2n) is 6.01. The van der Waals surface area contributed by atoms with Crippen LogP contribution in [0.25, 0.3) is 16.9 Å². The minimum absolute atomic E-state index is 0.0756. The molecule has 30 heavy (non-hydrogen) atoms. The molecule has 3 aromatic heterocycles. The van der Waals surface area contributed by atoms with Crippen LogP contribution in [0.2, 0.25) is 0 Å². The summed E-state index contributed by atoms with van der Waals surface area (Å²) in [6.45, 7) is 5.64. The van der Waals surface area contributed by atoms with Crippen LogP contribution in [0.1, 0.15) is 6.92 Å². The average Bonchev–Trinajstić information content (AvgIpc) is 2.99. The lowest BCUT2D eigenvalue weighted by Crippen LogP contribution is -2.22. The lowest BCUT2D eigenvalue weighted by molar-refractivity contribution is 0.164. The Morgan fingerprint density at radius 3 is 2.83 bits per heavy atom.